The molecule has 0 atom stereocenters. The second kappa shape index (κ2) is 13.0. The molecule has 2 aromatic heterocycles. The Morgan fingerprint density at radius 3 is 2.56 bits per heavy atom. The van der Waals surface area contributed by atoms with Gasteiger partial charge in [-0.1, -0.05) is 36.6 Å². The Hall–Kier alpha value is -2.82. The maximum absolute atomic E-state index is 4.84. The summed E-state index contributed by atoms with van der Waals surface area (Å²) in [5, 5.41) is 20.3. The van der Waals surface area contributed by atoms with Crippen LogP contribution in [-0.2, 0) is 13.1 Å². The Kier molecular flexibility index (Phi) is 8.82. The van der Waals surface area contributed by atoms with Crippen LogP contribution in [0.2, 0.25) is 0 Å². The van der Waals surface area contributed by atoms with Crippen LogP contribution in [0.5, 0.6) is 0 Å². The van der Waals surface area contributed by atoms with Crippen molar-refractivity contribution in [3.8, 4) is 0 Å². The molecule has 1 aromatic carbocycles. The maximum Gasteiger partial charge on any atom is 0.225 e. The van der Waals surface area contributed by atoms with E-state index in [0.29, 0.717) is 18.5 Å². The fraction of sp³-hybridized carbons (Fsp3) is 0.655. The Labute approximate surface area is 231 Å². The molecule has 0 unspecified atom stereocenters. The van der Waals surface area contributed by atoms with E-state index < -0.39 is 0 Å². The minimum absolute atomic E-state index is 0.429. The molecule has 2 aliphatic heterocycles. The van der Waals surface area contributed by atoms with Gasteiger partial charge in [-0.05, 0) is 57.3 Å². The van der Waals surface area contributed by atoms with Crippen LogP contribution in [0.3, 0.4) is 0 Å². The molecular formula is C29H44N10. The average molecular weight is 533 g/mol. The number of piperazine rings is 1. The Morgan fingerprint density at radius 2 is 1.72 bits per heavy atom. The van der Waals surface area contributed by atoms with Crippen molar-refractivity contribution < 1.29 is 0 Å². The topological polar surface area (TPSA) is 99.1 Å². The summed E-state index contributed by atoms with van der Waals surface area (Å²) in [5.41, 5.74) is 1.84. The van der Waals surface area contributed by atoms with Gasteiger partial charge in [0.2, 0.25) is 5.95 Å². The zero-order valence-electron chi connectivity index (χ0n) is 23.2. The monoisotopic (exact) mass is 532 g/mol. The second-order valence-electron chi connectivity index (χ2n) is 11.4. The van der Waals surface area contributed by atoms with Gasteiger partial charge in [-0.25, -0.2) is 4.98 Å². The van der Waals surface area contributed by atoms with E-state index in [1.807, 2.05) is 29.1 Å². The first-order valence-corrected chi connectivity index (χ1v) is 15.1. The average Bonchev–Trinajstić information content (AvgIpc) is 3.45. The fourth-order valence-electron chi connectivity index (χ4n) is 6.38. The third kappa shape index (κ3) is 7.04. The van der Waals surface area contributed by atoms with Crippen LogP contribution in [0.15, 0.2) is 30.5 Å². The van der Waals surface area contributed by atoms with E-state index in [-0.39, 0.29) is 0 Å². The molecule has 210 valence electrons. The zero-order valence-corrected chi connectivity index (χ0v) is 23.2. The van der Waals surface area contributed by atoms with Gasteiger partial charge in [-0.3, -0.25) is 9.58 Å². The summed E-state index contributed by atoms with van der Waals surface area (Å²) in [4.78, 5) is 14.9. The van der Waals surface area contributed by atoms with Crippen molar-refractivity contribution in [2.75, 3.05) is 56.4 Å². The molecule has 10 nitrogen and oxygen atoms in total. The molecule has 1 aliphatic carbocycles. The highest BCUT2D eigenvalue weighted by molar-refractivity contribution is 5.90. The van der Waals surface area contributed by atoms with Crippen LogP contribution < -0.4 is 16.0 Å². The summed E-state index contributed by atoms with van der Waals surface area (Å²) in [6, 6.07) is 9.48. The molecule has 6 rings (SSSR count). The van der Waals surface area contributed by atoms with Crippen molar-refractivity contribution in [2.24, 2.45) is 0 Å². The minimum atomic E-state index is 0.429. The number of hydrogen-bond acceptors (Lipinski definition) is 9. The van der Waals surface area contributed by atoms with Crippen molar-refractivity contribution in [2.45, 2.75) is 76.5 Å². The van der Waals surface area contributed by atoms with Crippen LogP contribution in [0.4, 0.5) is 11.8 Å². The first-order valence-electron chi connectivity index (χ1n) is 15.1. The van der Waals surface area contributed by atoms with Crippen molar-refractivity contribution in [3.05, 3.63) is 36.2 Å². The number of nitrogens with zero attached hydrogens (tertiary/aromatic N) is 7. The van der Waals surface area contributed by atoms with Gasteiger partial charge in [0, 0.05) is 56.7 Å². The molecule has 0 amide bonds. The molecule has 10 heteroatoms. The number of rotatable bonds is 10. The smallest absolute Gasteiger partial charge is 0.225 e. The molecule has 0 radical (unpaired) electrons. The van der Waals surface area contributed by atoms with E-state index in [4.69, 9.17) is 9.97 Å². The third-order valence-corrected chi connectivity index (χ3v) is 8.66. The van der Waals surface area contributed by atoms with Crippen LogP contribution in [-0.4, -0.2) is 92.7 Å². The number of aryl methyl sites for hydroxylation is 1. The quantitative estimate of drug-likeness (QED) is 0.363. The van der Waals surface area contributed by atoms with Crippen molar-refractivity contribution >= 4 is 22.7 Å². The van der Waals surface area contributed by atoms with Crippen LogP contribution >= 0.6 is 0 Å². The molecule has 39 heavy (non-hydrogen) atoms. The Balaban J connectivity index is 0.972. The van der Waals surface area contributed by atoms with Crippen molar-refractivity contribution in [1.29, 1.82) is 0 Å². The first kappa shape index (κ1) is 26.4. The molecule has 1 saturated carbocycles. The number of fused-ring (bicyclic) bond motifs is 1. The number of benzene rings is 1. The van der Waals surface area contributed by atoms with Gasteiger partial charge in [-0.2, -0.15) is 4.98 Å². The van der Waals surface area contributed by atoms with E-state index in [1.165, 1.54) is 58.3 Å². The SMILES string of the molecule is c1ccc2c(NC3CCNCC3)nc(NCc3cn(CCCN4CCN(C5CCCCC5)CC4)nn3)nc2c1. The van der Waals surface area contributed by atoms with E-state index in [9.17, 15) is 0 Å². The second-order valence-corrected chi connectivity index (χ2v) is 11.4. The highest BCUT2D eigenvalue weighted by Gasteiger charge is 2.24. The standard InChI is InChI=1S/C29H44N10/c1-2-7-25(8-3-1)38-19-17-37(18-20-38)15-6-16-39-22-24(35-36-39)21-31-29-33-27-10-5-4-9-26(27)28(34-29)32-23-11-13-30-14-12-23/h4-5,9-10,22-23,25,30H,1-3,6-8,11-21H2,(H2,31,32,33,34). The lowest BCUT2D eigenvalue weighted by Crippen LogP contribution is -2.50. The van der Waals surface area contributed by atoms with Crippen molar-refractivity contribution in [3.63, 3.8) is 0 Å². The number of nitrogens with one attached hydrogen (secondary N) is 3. The van der Waals surface area contributed by atoms with Crippen LogP contribution in [0, 0.1) is 0 Å². The van der Waals surface area contributed by atoms with Gasteiger partial charge in [0.25, 0.3) is 0 Å². The summed E-state index contributed by atoms with van der Waals surface area (Å²) >= 11 is 0. The summed E-state index contributed by atoms with van der Waals surface area (Å²) in [7, 11) is 0. The highest BCUT2D eigenvalue weighted by Crippen LogP contribution is 2.25. The van der Waals surface area contributed by atoms with E-state index in [1.54, 1.807) is 0 Å². The molecule has 4 heterocycles. The lowest BCUT2D eigenvalue weighted by molar-refractivity contribution is 0.0777. The van der Waals surface area contributed by atoms with Gasteiger partial charge in [0.05, 0.1) is 18.3 Å². The summed E-state index contributed by atoms with van der Waals surface area (Å²) in [6.07, 6.45) is 12.4. The van der Waals surface area contributed by atoms with E-state index in [0.717, 1.165) is 73.9 Å². The van der Waals surface area contributed by atoms with Gasteiger partial charge in [0.15, 0.2) is 0 Å². The Bertz CT molecular complexity index is 1180. The van der Waals surface area contributed by atoms with Crippen LogP contribution in [0.25, 0.3) is 10.9 Å². The molecule has 0 spiro atoms. The molecule has 0 bridgehead atoms. The Morgan fingerprint density at radius 1 is 0.897 bits per heavy atom. The van der Waals surface area contributed by atoms with Crippen LogP contribution in [0.1, 0.15) is 57.1 Å². The van der Waals surface area contributed by atoms with E-state index in [2.05, 4.69) is 42.1 Å². The number of piperidine rings is 1. The van der Waals surface area contributed by atoms with E-state index >= 15 is 0 Å². The molecule has 3 aromatic rings. The number of aromatic nitrogens is 5. The largest absolute Gasteiger partial charge is 0.367 e. The van der Waals surface area contributed by atoms with Gasteiger partial charge in [-0.15, -0.1) is 5.10 Å². The summed E-state index contributed by atoms with van der Waals surface area (Å²) < 4.78 is 1.97. The predicted octanol–water partition coefficient (Wildman–Crippen LogP) is 3.34. The number of hydrogen-bond donors (Lipinski definition) is 3. The lowest BCUT2D eigenvalue weighted by Gasteiger charge is -2.40. The van der Waals surface area contributed by atoms with Crippen molar-refractivity contribution in [1.82, 2.24) is 40.1 Å². The lowest BCUT2D eigenvalue weighted by atomic mass is 9.94. The van der Waals surface area contributed by atoms with Gasteiger partial charge in [0.1, 0.15) is 11.5 Å². The minimum Gasteiger partial charge on any atom is -0.367 e. The number of para-hydroxylation sites is 1. The third-order valence-electron chi connectivity index (χ3n) is 8.66. The normalized spacial score (nSPS) is 20.4. The fourth-order valence-corrected chi connectivity index (χ4v) is 6.38. The molecular weight excluding hydrogens is 488 g/mol. The number of anilines is 2. The van der Waals surface area contributed by atoms with Gasteiger partial charge >= 0.3 is 0 Å². The molecule has 3 N–H and O–H groups in total. The highest BCUT2D eigenvalue weighted by atomic mass is 15.4. The summed E-state index contributed by atoms with van der Waals surface area (Å²) in [5.74, 6) is 1.52. The maximum atomic E-state index is 4.84. The molecule has 3 fully saturated rings. The zero-order chi connectivity index (χ0) is 26.3. The van der Waals surface area contributed by atoms with Gasteiger partial charge < -0.3 is 20.9 Å². The predicted molar refractivity (Wildman–Crippen MR) is 156 cm³/mol. The summed E-state index contributed by atoms with van der Waals surface area (Å²) in [6.45, 7) is 9.51. The molecule has 2 saturated heterocycles. The molecule has 3 aliphatic rings. The first-order chi connectivity index (χ1) is 19.3.